The maximum absolute atomic E-state index is 12.4. The van der Waals surface area contributed by atoms with Crippen LogP contribution in [-0.2, 0) is 30.3 Å². The quantitative estimate of drug-likeness (QED) is 0.315. The van der Waals surface area contributed by atoms with Gasteiger partial charge in [-0.25, -0.2) is 9.59 Å². The summed E-state index contributed by atoms with van der Waals surface area (Å²) in [5.41, 5.74) is 4.14. The van der Waals surface area contributed by atoms with Crippen molar-refractivity contribution in [3.63, 3.8) is 0 Å². The van der Waals surface area contributed by atoms with Crippen LogP contribution < -0.4 is 21.5 Å². The Balaban J connectivity index is 2.69. The molecule has 0 saturated heterocycles. The summed E-state index contributed by atoms with van der Waals surface area (Å²) in [5.74, 6) is -4.71. The topological polar surface area (TPSA) is 163 Å². The summed E-state index contributed by atoms with van der Waals surface area (Å²) in [6.07, 6.45) is -0.819. The number of nitrogens with one attached hydrogen (secondary N) is 4. The van der Waals surface area contributed by atoms with Crippen molar-refractivity contribution in [3.8, 4) is 0 Å². The SMILES string of the molecule is C[C@H](NC(=O)OC(C)(C)C)C(=O)NNC(=O)[C@H](Cc1ccccc1)NC(=O)C(=O)O. The largest absolute Gasteiger partial charge is 0.474 e. The second kappa shape index (κ2) is 10.8. The van der Waals surface area contributed by atoms with Gasteiger partial charge in [0.1, 0.15) is 17.7 Å². The number of carbonyl (C=O) groups is 5. The number of hydrogen-bond donors (Lipinski definition) is 5. The van der Waals surface area contributed by atoms with Crippen molar-refractivity contribution in [2.75, 3.05) is 0 Å². The number of rotatable bonds is 6. The molecule has 1 rings (SSSR count). The molecule has 0 fully saturated rings. The minimum Gasteiger partial charge on any atom is -0.474 e. The van der Waals surface area contributed by atoms with E-state index in [0.717, 1.165) is 0 Å². The number of amides is 4. The number of aliphatic carboxylic acids is 1. The first kappa shape index (κ1) is 24.4. The molecule has 0 aliphatic rings. The molecule has 2 atom stereocenters. The van der Waals surface area contributed by atoms with Crippen molar-refractivity contribution in [1.82, 2.24) is 21.5 Å². The maximum atomic E-state index is 12.4. The maximum Gasteiger partial charge on any atom is 0.408 e. The van der Waals surface area contributed by atoms with E-state index in [1.54, 1.807) is 51.1 Å². The summed E-state index contributed by atoms with van der Waals surface area (Å²) in [7, 11) is 0. The van der Waals surface area contributed by atoms with Gasteiger partial charge < -0.3 is 20.5 Å². The fraction of sp³-hybridized carbons (Fsp3) is 0.421. The number of carbonyl (C=O) groups excluding carboxylic acids is 4. The van der Waals surface area contributed by atoms with E-state index >= 15 is 0 Å². The average molecular weight is 422 g/mol. The van der Waals surface area contributed by atoms with Crippen LogP contribution in [-0.4, -0.2) is 52.6 Å². The van der Waals surface area contributed by atoms with Crippen LogP contribution in [0.25, 0.3) is 0 Å². The molecule has 30 heavy (non-hydrogen) atoms. The molecule has 164 valence electrons. The number of alkyl carbamates (subject to hydrolysis) is 1. The number of carboxylic acid groups (broad SMARTS) is 1. The van der Waals surface area contributed by atoms with Crippen LogP contribution in [0.3, 0.4) is 0 Å². The summed E-state index contributed by atoms with van der Waals surface area (Å²) in [5, 5.41) is 13.2. The van der Waals surface area contributed by atoms with E-state index in [-0.39, 0.29) is 6.42 Å². The molecule has 0 aliphatic heterocycles. The van der Waals surface area contributed by atoms with Gasteiger partial charge in [0, 0.05) is 6.42 Å². The predicted octanol–water partition coefficient (Wildman–Crippen LogP) is -0.141. The highest BCUT2D eigenvalue weighted by atomic mass is 16.6. The van der Waals surface area contributed by atoms with Crippen LogP contribution in [0.5, 0.6) is 0 Å². The van der Waals surface area contributed by atoms with Crippen LogP contribution >= 0.6 is 0 Å². The zero-order valence-electron chi connectivity index (χ0n) is 17.1. The molecule has 0 unspecified atom stereocenters. The first-order valence-corrected chi connectivity index (χ1v) is 9.06. The lowest BCUT2D eigenvalue weighted by molar-refractivity contribution is -0.151. The Morgan fingerprint density at radius 3 is 2.07 bits per heavy atom. The van der Waals surface area contributed by atoms with Crippen molar-refractivity contribution in [2.24, 2.45) is 0 Å². The molecule has 0 spiro atoms. The van der Waals surface area contributed by atoms with Gasteiger partial charge in [0.2, 0.25) is 0 Å². The van der Waals surface area contributed by atoms with Crippen LogP contribution in [0.1, 0.15) is 33.3 Å². The van der Waals surface area contributed by atoms with E-state index in [4.69, 9.17) is 9.84 Å². The third kappa shape index (κ3) is 9.04. The van der Waals surface area contributed by atoms with Gasteiger partial charge in [0.25, 0.3) is 11.8 Å². The zero-order valence-corrected chi connectivity index (χ0v) is 17.1. The Morgan fingerprint density at radius 1 is 0.967 bits per heavy atom. The molecule has 0 bridgehead atoms. The summed E-state index contributed by atoms with van der Waals surface area (Å²) in [4.78, 5) is 58.5. The van der Waals surface area contributed by atoms with E-state index in [1.807, 2.05) is 0 Å². The van der Waals surface area contributed by atoms with E-state index in [0.29, 0.717) is 5.56 Å². The highest BCUT2D eigenvalue weighted by molar-refractivity contribution is 6.32. The average Bonchev–Trinajstić information content (AvgIpc) is 2.64. The van der Waals surface area contributed by atoms with E-state index in [9.17, 15) is 24.0 Å². The van der Waals surface area contributed by atoms with Gasteiger partial charge in [-0.05, 0) is 33.3 Å². The Labute approximate surface area is 173 Å². The van der Waals surface area contributed by atoms with Gasteiger partial charge >= 0.3 is 18.0 Å². The van der Waals surface area contributed by atoms with E-state index in [1.165, 1.54) is 6.92 Å². The predicted molar refractivity (Wildman–Crippen MR) is 105 cm³/mol. The van der Waals surface area contributed by atoms with Crippen LogP contribution in [0.4, 0.5) is 4.79 Å². The molecule has 0 aromatic heterocycles. The highest BCUT2D eigenvalue weighted by Gasteiger charge is 2.26. The van der Waals surface area contributed by atoms with Gasteiger partial charge in [-0.3, -0.25) is 25.2 Å². The summed E-state index contributed by atoms with van der Waals surface area (Å²) >= 11 is 0. The van der Waals surface area contributed by atoms with Gasteiger partial charge in [0.05, 0.1) is 0 Å². The van der Waals surface area contributed by atoms with Crippen molar-refractivity contribution in [1.29, 1.82) is 0 Å². The van der Waals surface area contributed by atoms with Gasteiger partial charge in [-0.2, -0.15) is 0 Å². The molecular formula is C19H26N4O7. The highest BCUT2D eigenvalue weighted by Crippen LogP contribution is 2.07. The number of ether oxygens (including phenoxy) is 1. The molecule has 4 amide bonds. The monoisotopic (exact) mass is 422 g/mol. The molecular weight excluding hydrogens is 396 g/mol. The number of hydrazine groups is 1. The van der Waals surface area contributed by atoms with E-state index < -0.39 is 47.5 Å². The first-order valence-electron chi connectivity index (χ1n) is 9.06. The third-order valence-electron chi connectivity index (χ3n) is 3.53. The fourth-order valence-corrected chi connectivity index (χ4v) is 2.15. The smallest absolute Gasteiger partial charge is 0.408 e. The molecule has 1 aromatic carbocycles. The molecule has 11 heteroatoms. The van der Waals surface area contributed by atoms with Crippen LogP contribution in [0.15, 0.2) is 30.3 Å². The number of hydrogen-bond acceptors (Lipinski definition) is 6. The normalized spacial score (nSPS) is 12.7. The number of benzene rings is 1. The Morgan fingerprint density at radius 2 is 1.53 bits per heavy atom. The summed E-state index contributed by atoms with van der Waals surface area (Å²) in [6, 6.07) is 6.28. The molecule has 0 aliphatic carbocycles. The Bertz CT molecular complexity index is 790. The molecule has 0 heterocycles. The second-order valence-electron chi connectivity index (χ2n) is 7.37. The third-order valence-corrected chi connectivity index (χ3v) is 3.53. The van der Waals surface area contributed by atoms with Crippen molar-refractivity contribution >= 4 is 29.8 Å². The second-order valence-corrected chi connectivity index (χ2v) is 7.37. The number of carboxylic acids is 1. The summed E-state index contributed by atoms with van der Waals surface area (Å²) in [6.45, 7) is 6.36. The first-order chi connectivity index (χ1) is 13.9. The fourth-order valence-electron chi connectivity index (χ4n) is 2.15. The minimum atomic E-state index is -1.75. The van der Waals surface area contributed by atoms with Gasteiger partial charge in [-0.15, -0.1) is 0 Å². The minimum absolute atomic E-state index is 0.00667. The van der Waals surface area contributed by atoms with Gasteiger partial charge in [0.15, 0.2) is 0 Å². The van der Waals surface area contributed by atoms with E-state index in [2.05, 4.69) is 21.5 Å². The molecule has 11 nitrogen and oxygen atoms in total. The zero-order chi connectivity index (χ0) is 22.9. The molecule has 0 saturated carbocycles. The van der Waals surface area contributed by atoms with Crippen LogP contribution in [0.2, 0.25) is 0 Å². The van der Waals surface area contributed by atoms with Crippen molar-refractivity contribution in [3.05, 3.63) is 35.9 Å². The lowest BCUT2D eigenvalue weighted by Crippen LogP contribution is -2.57. The Kier molecular flexibility index (Phi) is 8.78. The van der Waals surface area contributed by atoms with Gasteiger partial charge in [-0.1, -0.05) is 30.3 Å². The summed E-state index contributed by atoms with van der Waals surface area (Å²) < 4.78 is 5.03. The Hall–Kier alpha value is -3.63. The molecule has 1 aromatic rings. The van der Waals surface area contributed by atoms with Crippen molar-refractivity contribution in [2.45, 2.75) is 51.8 Å². The van der Waals surface area contributed by atoms with Crippen LogP contribution in [0, 0.1) is 0 Å². The lowest BCUT2D eigenvalue weighted by Gasteiger charge is -2.22. The molecule has 5 N–H and O–H groups in total. The molecule has 0 radical (unpaired) electrons. The van der Waals surface area contributed by atoms with Crippen molar-refractivity contribution < 1.29 is 33.8 Å². The lowest BCUT2D eigenvalue weighted by atomic mass is 10.1. The standard InChI is InChI=1S/C19H26N4O7/c1-11(20-18(29)30-19(2,3)4)14(24)22-23-15(25)13(21-16(26)17(27)28)10-12-8-6-5-7-9-12/h5-9,11,13H,10H2,1-4H3,(H,20,29)(H,21,26)(H,22,24)(H,23,25)(H,27,28)/t11-,13-/m0/s1.